The first-order valence-corrected chi connectivity index (χ1v) is 10.1. The molecule has 1 heterocycles. The van der Waals surface area contributed by atoms with Crippen molar-refractivity contribution in [3.05, 3.63) is 39.7 Å². The molecule has 2 aromatic rings. The van der Waals surface area contributed by atoms with Crippen molar-refractivity contribution in [3.63, 3.8) is 0 Å². The van der Waals surface area contributed by atoms with Crippen LogP contribution in [0.4, 0.5) is 0 Å². The second kappa shape index (κ2) is 9.11. The summed E-state index contributed by atoms with van der Waals surface area (Å²) in [5.41, 5.74) is 1.68. The maximum absolute atomic E-state index is 12.1. The van der Waals surface area contributed by atoms with E-state index in [9.17, 15) is 19.5 Å². The third kappa shape index (κ3) is 4.96. The Balaban J connectivity index is 1.55. The molecule has 1 aromatic carbocycles. The van der Waals surface area contributed by atoms with E-state index >= 15 is 0 Å². The van der Waals surface area contributed by atoms with Crippen LogP contribution in [0.15, 0.2) is 27.4 Å². The molecule has 0 unspecified atom stereocenters. The SMILES string of the molecule is CCc1cc(=O)oc2c(C)c(OCC(=O)NCC3CCC(C(=O)[O-])CC3)ccc12. The minimum absolute atomic E-state index is 0.140. The van der Waals surface area contributed by atoms with Crippen LogP contribution in [0.3, 0.4) is 0 Å². The molecule has 0 spiro atoms. The van der Waals surface area contributed by atoms with Crippen LogP contribution in [0.25, 0.3) is 11.0 Å². The fourth-order valence-corrected chi connectivity index (χ4v) is 3.91. The van der Waals surface area contributed by atoms with Gasteiger partial charge >= 0.3 is 5.63 Å². The van der Waals surface area contributed by atoms with Gasteiger partial charge in [-0.15, -0.1) is 0 Å². The van der Waals surface area contributed by atoms with E-state index in [1.54, 1.807) is 13.0 Å². The Morgan fingerprint density at radius 2 is 1.97 bits per heavy atom. The van der Waals surface area contributed by atoms with Crippen LogP contribution in [0.5, 0.6) is 5.75 Å². The normalized spacial score (nSPS) is 19.1. The molecule has 1 aliphatic rings. The number of nitrogens with one attached hydrogen (secondary N) is 1. The van der Waals surface area contributed by atoms with Crippen molar-refractivity contribution >= 4 is 22.8 Å². The number of aliphatic carboxylic acids is 1. The molecule has 0 saturated heterocycles. The van der Waals surface area contributed by atoms with E-state index in [0.29, 0.717) is 36.3 Å². The Morgan fingerprint density at radius 3 is 2.62 bits per heavy atom. The Kier molecular flexibility index (Phi) is 6.56. The number of amides is 1. The molecule has 7 nitrogen and oxygen atoms in total. The zero-order valence-corrected chi connectivity index (χ0v) is 16.8. The minimum Gasteiger partial charge on any atom is -0.550 e. The molecule has 1 amide bonds. The fourth-order valence-electron chi connectivity index (χ4n) is 3.91. The molecule has 1 fully saturated rings. The molecule has 1 N–H and O–H groups in total. The van der Waals surface area contributed by atoms with Gasteiger partial charge in [0.05, 0.1) is 0 Å². The van der Waals surface area contributed by atoms with Crippen molar-refractivity contribution in [1.82, 2.24) is 5.32 Å². The summed E-state index contributed by atoms with van der Waals surface area (Å²) in [6.07, 6.45) is 3.45. The molecule has 1 aromatic heterocycles. The minimum atomic E-state index is -0.978. The van der Waals surface area contributed by atoms with Gasteiger partial charge in [0, 0.05) is 29.5 Å². The number of carboxylic acids is 1. The summed E-state index contributed by atoms with van der Waals surface area (Å²) in [6, 6.07) is 5.12. The predicted molar refractivity (Wildman–Crippen MR) is 106 cm³/mol. The van der Waals surface area contributed by atoms with Gasteiger partial charge in [-0.1, -0.05) is 6.92 Å². The Bertz CT molecular complexity index is 956. The summed E-state index contributed by atoms with van der Waals surface area (Å²) in [5, 5.41) is 14.6. The molecular weight excluding hydrogens is 374 g/mol. The van der Waals surface area contributed by atoms with Crippen LogP contribution in [-0.4, -0.2) is 25.0 Å². The monoisotopic (exact) mass is 400 g/mol. The van der Waals surface area contributed by atoms with E-state index in [0.717, 1.165) is 30.2 Å². The average Bonchev–Trinajstić information content (AvgIpc) is 2.71. The third-order valence-electron chi connectivity index (χ3n) is 5.70. The van der Waals surface area contributed by atoms with Crippen molar-refractivity contribution in [2.24, 2.45) is 11.8 Å². The molecule has 1 aliphatic carbocycles. The van der Waals surface area contributed by atoms with E-state index in [2.05, 4.69) is 5.32 Å². The van der Waals surface area contributed by atoms with Crippen LogP contribution in [0.1, 0.15) is 43.7 Å². The summed E-state index contributed by atoms with van der Waals surface area (Å²) < 4.78 is 11.0. The van der Waals surface area contributed by atoms with Gasteiger partial charge < -0.3 is 24.4 Å². The fraction of sp³-hybridized carbons (Fsp3) is 0.500. The lowest BCUT2D eigenvalue weighted by molar-refractivity contribution is -0.312. The summed E-state index contributed by atoms with van der Waals surface area (Å²) >= 11 is 0. The smallest absolute Gasteiger partial charge is 0.336 e. The van der Waals surface area contributed by atoms with Gasteiger partial charge in [-0.05, 0) is 68.6 Å². The summed E-state index contributed by atoms with van der Waals surface area (Å²) in [5.74, 6) is -0.810. The number of carbonyl (C=O) groups excluding carboxylic acids is 2. The number of ether oxygens (including phenoxy) is 1. The Hall–Kier alpha value is -2.83. The lowest BCUT2D eigenvalue weighted by Gasteiger charge is -2.29. The largest absolute Gasteiger partial charge is 0.550 e. The number of aryl methyl sites for hydroxylation is 2. The summed E-state index contributed by atoms with van der Waals surface area (Å²) in [6.45, 7) is 4.14. The standard InChI is InChI=1S/C22H27NO6/c1-3-15-10-20(25)29-21-13(2)18(9-8-17(15)21)28-12-19(24)23-11-14-4-6-16(7-5-14)22(26)27/h8-10,14,16H,3-7,11-12H2,1-2H3,(H,23,24)(H,26,27)/p-1. The molecular formula is C22H26NO6-. The van der Waals surface area contributed by atoms with Gasteiger partial charge in [0.25, 0.3) is 5.91 Å². The van der Waals surface area contributed by atoms with E-state index in [1.807, 2.05) is 13.0 Å². The first-order chi connectivity index (χ1) is 13.9. The Labute approximate surface area is 169 Å². The van der Waals surface area contributed by atoms with Crippen LogP contribution in [-0.2, 0) is 16.0 Å². The maximum Gasteiger partial charge on any atom is 0.336 e. The second-order valence-corrected chi connectivity index (χ2v) is 7.64. The molecule has 0 radical (unpaired) electrons. The van der Waals surface area contributed by atoms with E-state index in [-0.39, 0.29) is 24.3 Å². The topological polar surface area (TPSA) is 109 Å². The molecule has 0 atom stereocenters. The highest BCUT2D eigenvalue weighted by atomic mass is 16.5. The van der Waals surface area contributed by atoms with Gasteiger partial charge in [0.2, 0.25) is 0 Å². The van der Waals surface area contributed by atoms with Gasteiger partial charge in [-0.25, -0.2) is 4.79 Å². The van der Waals surface area contributed by atoms with E-state index < -0.39 is 11.6 Å². The number of carboxylic acid groups (broad SMARTS) is 1. The summed E-state index contributed by atoms with van der Waals surface area (Å²) in [7, 11) is 0. The maximum atomic E-state index is 12.1. The van der Waals surface area contributed by atoms with Gasteiger partial charge in [-0.3, -0.25) is 4.79 Å². The molecule has 0 bridgehead atoms. The zero-order chi connectivity index (χ0) is 21.0. The molecule has 7 heteroatoms. The van der Waals surface area contributed by atoms with Crippen LogP contribution >= 0.6 is 0 Å². The van der Waals surface area contributed by atoms with E-state index in [1.165, 1.54) is 6.07 Å². The Morgan fingerprint density at radius 1 is 1.24 bits per heavy atom. The first-order valence-electron chi connectivity index (χ1n) is 10.1. The van der Waals surface area contributed by atoms with Gasteiger partial charge in [-0.2, -0.15) is 0 Å². The number of rotatable bonds is 7. The van der Waals surface area contributed by atoms with Crippen molar-refractivity contribution < 1.29 is 23.8 Å². The van der Waals surface area contributed by atoms with Gasteiger partial charge in [0.15, 0.2) is 6.61 Å². The molecule has 29 heavy (non-hydrogen) atoms. The molecule has 156 valence electrons. The highest BCUT2D eigenvalue weighted by Crippen LogP contribution is 2.29. The van der Waals surface area contributed by atoms with Crippen LogP contribution < -0.4 is 20.8 Å². The third-order valence-corrected chi connectivity index (χ3v) is 5.70. The van der Waals surface area contributed by atoms with Crippen molar-refractivity contribution in [2.45, 2.75) is 46.0 Å². The highest BCUT2D eigenvalue weighted by Gasteiger charge is 2.22. The number of carbonyl (C=O) groups is 2. The quantitative estimate of drug-likeness (QED) is 0.709. The second-order valence-electron chi connectivity index (χ2n) is 7.64. The van der Waals surface area contributed by atoms with Gasteiger partial charge in [0.1, 0.15) is 11.3 Å². The predicted octanol–water partition coefficient (Wildman–Crippen LogP) is 1.72. The first kappa shape index (κ1) is 20.9. The van der Waals surface area contributed by atoms with Crippen LogP contribution in [0, 0.1) is 18.8 Å². The number of fused-ring (bicyclic) bond motifs is 1. The van der Waals surface area contributed by atoms with E-state index in [4.69, 9.17) is 9.15 Å². The molecule has 3 rings (SSSR count). The zero-order valence-electron chi connectivity index (χ0n) is 16.8. The van der Waals surface area contributed by atoms with Crippen molar-refractivity contribution in [2.75, 3.05) is 13.2 Å². The summed E-state index contributed by atoms with van der Waals surface area (Å²) in [4.78, 5) is 34.8. The molecule has 1 saturated carbocycles. The average molecular weight is 400 g/mol. The number of hydrogen-bond donors (Lipinski definition) is 1. The number of hydrogen-bond acceptors (Lipinski definition) is 6. The lowest BCUT2D eigenvalue weighted by atomic mass is 9.82. The lowest BCUT2D eigenvalue weighted by Crippen LogP contribution is -2.37. The molecule has 0 aliphatic heterocycles. The highest BCUT2D eigenvalue weighted by molar-refractivity contribution is 5.85. The van der Waals surface area contributed by atoms with Crippen LogP contribution in [0.2, 0.25) is 0 Å². The number of benzene rings is 1. The van der Waals surface area contributed by atoms with Crippen molar-refractivity contribution in [3.8, 4) is 5.75 Å². The van der Waals surface area contributed by atoms with Crippen molar-refractivity contribution in [1.29, 1.82) is 0 Å².